The van der Waals surface area contributed by atoms with Crippen LogP contribution in [0.5, 0.6) is 5.75 Å². The molecule has 1 fully saturated rings. The van der Waals surface area contributed by atoms with Crippen LogP contribution in [0.2, 0.25) is 0 Å². The van der Waals surface area contributed by atoms with Gasteiger partial charge in [0.05, 0.1) is 18.8 Å². The fourth-order valence-corrected chi connectivity index (χ4v) is 2.89. The summed E-state index contributed by atoms with van der Waals surface area (Å²) >= 11 is 0. The maximum Gasteiger partial charge on any atom is 0.234 e. The number of primary amides is 1. The summed E-state index contributed by atoms with van der Waals surface area (Å²) in [5, 5.41) is 9.65. The summed E-state index contributed by atoms with van der Waals surface area (Å²) in [5.41, 5.74) is 7.62. The van der Waals surface area contributed by atoms with Crippen molar-refractivity contribution in [3.8, 4) is 5.75 Å². The van der Waals surface area contributed by atoms with E-state index in [1.807, 2.05) is 36.9 Å². The third-order valence-electron chi connectivity index (χ3n) is 3.95. The lowest BCUT2D eigenvalue weighted by molar-refractivity contribution is -0.122. The molecule has 5 nitrogen and oxygen atoms in total. The minimum absolute atomic E-state index is 0.347. The molecule has 2 atom stereocenters. The van der Waals surface area contributed by atoms with Gasteiger partial charge in [0.25, 0.3) is 0 Å². The van der Waals surface area contributed by atoms with Crippen LogP contribution in [-0.2, 0) is 4.79 Å². The van der Waals surface area contributed by atoms with Crippen molar-refractivity contribution in [3.05, 3.63) is 29.3 Å². The number of likely N-dealkylation sites (tertiary alicyclic amines) is 1. The molecular weight excluding hydrogens is 268 g/mol. The second-order valence-electron chi connectivity index (χ2n) is 5.73. The number of carbonyl (C=O) groups excluding carboxylic acids is 1. The van der Waals surface area contributed by atoms with E-state index in [1.165, 1.54) is 0 Å². The summed E-state index contributed by atoms with van der Waals surface area (Å²) < 4.78 is 5.84. The molecule has 0 aromatic heterocycles. The Morgan fingerprint density at radius 1 is 1.43 bits per heavy atom. The Balaban J connectivity index is 1.81. The predicted octanol–water partition coefficient (Wildman–Crippen LogP) is 0.993. The molecule has 2 rings (SSSR count). The molecule has 1 heterocycles. The van der Waals surface area contributed by atoms with Gasteiger partial charge in [0.15, 0.2) is 0 Å². The first kappa shape index (κ1) is 15.8. The first-order valence-electron chi connectivity index (χ1n) is 7.39. The number of aryl methyl sites for hydroxylation is 2. The number of hydrogen-bond acceptors (Lipinski definition) is 4. The summed E-state index contributed by atoms with van der Waals surface area (Å²) in [7, 11) is 0. The third-order valence-corrected chi connectivity index (χ3v) is 3.95. The molecule has 0 radical (unpaired) electrons. The second kappa shape index (κ2) is 6.91. The van der Waals surface area contributed by atoms with Crippen LogP contribution in [0, 0.1) is 13.8 Å². The number of hydrogen-bond donors (Lipinski definition) is 2. The van der Waals surface area contributed by atoms with Gasteiger partial charge in [0, 0.05) is 13.1 Å². The average molecular weight is 292 g/mol. The van der Waals surface area contributed by atoms with Crippen LogP contribution in [0.3, 0.4) is 0 Å². The summed E-state index contributed by atoms with van der Waals surface area (Å²) in [6.45, 7) is 5.86. The van der Waals surface area contributed by atoms with Gasteiger partial charge in [-0.1, -0.05) is 18.2 Å². The number of amides is 1. The molecular formula is C16H24N2O3. The lowest BCUT2D eigenvalue weighted by Gasteiger charge is -2.21. The Labute approximate surface area is 125 Å². The van der Waals surface area contributed by atoms with E-state index in [2.05, 4.69) is 0 Å². The monoisotopic (exact) mass is 292 g/mol. The summed E-state index contributed by atoms with van der Waals surface area (Å²) in [4.78, 5) is 13.3. The van der Waals surface area contributed by atoms with E-state index in [1.54, 1.807) is 0 Å². The summed E-state index contributed by atoms with van der Waals surface area (Å²) in [6, 6.07) is 5.73. The molecule has 1 saturated heterocycles. The van der Waals surface area contributed by atoms with Crippen molar-refractivity contribution in [2.24, 2.45) is 5.73 Å². The van der Waals surface area contributed by atoms with Gasteiger partial charge in [-0.2, -0.15) is 0 Å². The van der Waals surface area contributed by atoms with Crippen LogP contribution in [0.25, 0.3) is 0 Å². The topological polar surface area (TPSA) is 75.8 Å². The van der Waals surface area contributed by atoms with Gasteiger partial charge in [-0.25, -0.2) is 0 Å². The Hall–Kier alpha value is -1.59. The van der Waals surface area contributed by atoms with Gasteiger partial charge < -0.3 is 15.6 Å². The zero-order valence-corrected chi connectivity index (χ0v) is 12.7. The van der Waals surface area contributed by atoms with Crippen LogP contribution in [0.4, 0.5) is 0 Å². The van der Waals surface area contributed by atoms with Crippen molar-refractivity contribution < 1.29 is 14.6 Å². The summed E-state index contributed by atoms with van der Waals surface area (Å²) in [5.74, 6) is 0.577. The minimum atomic E-state index is -0.456. The van der Waals surface area contributed by atoms with Gasteiger partial charge in [0.2, 0.25) is 5.91 Å². The normalized spacial score (nSPS) is 22.4. The Morgan fingerprint density at radius 3 is 2.71 bits per heavy atom. The highest BCUT2D eigenvalue weighted by Crippen LogP contribution is 2.23. The molecule has 1 aliphatic rings. The average Bonchev–Trinajstić information content (AvgIpc) is 2.79. The zero-order chi connectivity index (χ0) is 15.4. The fraction of sp³-hybridized carbons (Fsp3) is 0.562. The number of benzene rings is 1. The first-order chi connectivity index (χ1) is 9.99. The highest BCUT2D eigenvalue weighted by molar-refractivity contribution is 5.80. The number of carbonyl (C=O) groups is 1. The highest BCUT2D eigenvalue weighted by atomic mass is 16.5. The molecule has 0 bridgehead atoms. The minimum Gasteiger partial charge on any atom is -0.493 e. The molecule has 0 spiro atoms. The van der Waals surface area contributed by atoms with Crippen molar-refractivity contribution in [3.63, 3.8) is 0 Å². The van der Waals surface area contributed by atoms with Crippen molar-refractivity contribution in [2.45, 2.75) is 38.8 Å². The molecule has 0 aliphatic carbocycles. The molecule has 5 heteroatoms. The number of ether oxygens (including phenoxy) is 1. The number of nitrogens with two attached hydrogens (primary N) is 1. The van der Waals surface area contributed by atoms with E-state index < -0.39 is 6.10 Å². The van der Waals surface area contributed by atoms with Crippen LogP contribution in [-0.4, -0.2) is 47.8 Å². The molecule has 116 valence electrons. The fourth-order valence-electron chi connectivity index (χ4n) is 2.89. The SMILES string of the molecule is Cc1cccc(C)c1OCCCN1C[C@H](O)C[C@H]1C(N)=O. The lowest BCUT2D eigenvalue weighted by Crippen LogP contribution is -2.41. The number of β-amino-alcohol motifs (C(OH)–C–C–N with tert-alkyl or cyclic N) is 1. The van der Waals surface area contributed by atoms with E-state index in [0.29, 0.717) is 26.1 Å². The number of aliphatic hydroxyl groups excluding tert-OH is 1. The van der Waals surface area contributed by atoms with Gasteiger partial charge >= 0.3 is 0 Å². The van der Waals surface area contributed by atoms with Crippen molar-refractivity contribution in [1.82, 2.24) is 4.90 Å². The van der Waals surface area contributed by atoms with Crippen molar-refractivity contribution in [2.75, 3.05) is 19.7 Å². The summed E-state index contributed by atoms with van der Waals surface area (Å²) in [6.07, 6.45) is 0.777. The molecule has 3 N–H and O–H groups in total. The quantitative estimate of drug-likeness (QED) is 0.767. The standard InChI is InChI=1S/C16H24N2O3/c1-11-5-3-6-12(2)15(11)21-8-4-7-18-10-13(19)9-14(18)16(17)20/h3,5-6,13-14,19H,4,7-10H2,1-2H3,(H2,17,20)/t13-,14+/m1/s1. The first-order valence-corrected chi connectivity index (χ1v) is 7.39. The predicted molar refractivity (Wildman–Crippen MR) is 81.2 cm³/mol. The van der Waals surface area contributed by atoms with E-state index in [0.717, 1.165) is 23.3 Å². The van der Waals surface area contributed by atoms with E-state index in [-0.39, 0.29) is 11.9 Å². The molecule has 1 aromatic carbocycles. The maximum absolute atomic E-state index is 11.3. The van der Waals surface area contributed by atoms with Crippen molar-refractivity contribution >= 4 is 5.91 Å². The zero-order valence-electron chi connectivity index (χ0n) is 12.7. The number of nitrogens with zero attached hydrogens (tertiary/aromatic N) is 1. The number of rotatable bonds is 6. The molecule has 1 amide bonds. The molecule has 1 aromatic rings. The lowest BCUT2D eigenvalue weighted by atomic mass is 10.1. The van der Waals surface area contributed by atoms with Crippen LogP contribution in [0.1, 0.15) is 24.0 Å². The van der Waals surface area contributed by atoms with Crippen LogP contribution in [0.15, 0.2) is 18.2 Å². The van der Waals surface area contributed by atoms with Crippen molar-refractivity contribution in [1.29, 1.82) is 0 Å². The van der Waals surface area contributed by atoms with Gasteiger partial charge in [-0.05, 0) is 37.8 Å². The smallest absolute Gasteiger partial charge is 0.234 e. The molecule has 0 saturated carbocycles. The van der Waals surface area contributed by atoms with E-state index >= 15 is 0 Å². The van der Waals surface area contributed by atoms with Gasteiger partial charge in [0.1, 0.15) is 5.75 Å². The van der Waals surface area contributed by atoms with Gasteiger partial charge in [-0.15, -0.1) is 0 Å². The van der Waals surface area contributed by atoms with E-state index in [9.17, 15) is 9.90 Å². The van der Waals surface area contributed by atoms with Crippen LogP contribution < -0.4 is 10.5 Å². The molecule has 21 heavy (non-hydrogen) atoms. The largest absolute Gasteiger partial charge is 0.493 e. The maximum atomic E-state index is 11.3. The van der Waals surface area contributed by atoms with E-state index in [4.69, 9.17) is 10.5 Å². The number of para-hydroxylation sites is 1. The Bertz CT molecular complexity index is 484. The highest BCUT2D eigenvalue weighted by Gasteiger charge is 2.34. The number of aliphatic hydroxyl groups is 1. The second-order valence-corrected chi connectivity index (χ2v) is 5.73. The molecule has 0 unspecified atom stereocenters. The molecule has 1 aliphatic heterocycles. The van der Waals surface area contributed by atoms with Gasteiger partial charge in [-0.3, -0.25) is 9.69 Å². The van der Waals surface area contributed by atoms with Crippen LogP contribution >= 0.6 is 0 Å². The third kappa shape index (κ3) is 3.95. The Morgan fingerprint density at radius 2 is 2.10 bits per heavy atom. The Kier molecular flexibility index (Phi) is 5.20.